The van der Waals surface area contributed by atoms with Crippen molar-refractivity contribution in [1.29, 1.82) is 0 Å². The van der Waals surface area contributed by atoms with Crippen LogP contribution in [-0.2, 0) is 11.2 Å². The zero-order valence-corrected chi connectivity index (χ0v) is 26.3. The van der Waals surface area contributed by atoms with Crippen LogP contribution in [0.15, 0.2) is 35.7 Å². The van der Waals surface area contributed by atoms with Gasteiger partial charge >= 0.3 is 0 Å². The number of fused-ring (bicyclic) bond motifs is 1. The standard InChI is InChI=1S/C32H48N6O2S/c1-6-25(7-2)38-29-12-11-24(21-27(29)34-30(38)22-26-10-8-19-41-26)31(39)35-28(20-23(3)4)32(40)33-13-9-14-37-17-15-36(5)16-18-37/h8,10-12,19,21,23,25,28H,6-7,9,13-18,20,22H2,1-5H3,(H,33,40)(H,35,39). The predicted molar refractivity (Wildman–Crippen MR) is 169 cm³/mol. The highest BCUT2D eigenvalue weighted by atomic mass is 32.1. The summed E-state index contributed by atoms with van der Waals surface area (Å²) < 4.78 is 2.36. The summed E-state index contributed by atoms with van der Waals surface area (Å²) in [5.41, 5.74) is 2.41. The lowest BCUT2D eigenvalue weighted by atomic mass is 10.0. The summed E-state index contributed by atoms with van der Waals surface area (Å²) in [6.45, 7) is 14.5. The molecule has 1 atom stereocenters. The summed E-state index contributed by atoms with van der Waals surface area (Å²) in [7, 11) is 2.16. The average molecular weight is 581 g/mol. The summed E-state index contributed by atoms with van der Waals surface area (Å²) in [5.74, 6) is 0.960. The van der Waals surface area contributed by atoms with Gasteiger partial charge in [-0.15, -0.1) is 11.3 Å². The molecular weight excluding hydrogens is 532 g/mol. The maximum absolute atomic E-state index is 13.4. The fraction of sp³-hybridized carbons (Fsp3) is 0.594. The van der Waals surface area contributed by atoms with Crippen molar-refractivity contribution < 1.29 is 9.59 Å². The molecule has 9 heteroatoms. The highest BCUT2D eigenvalue weighted by Crippen LogP contribution is 2.28. The molecule has 1 aromatic carbocycles. The lowest BCUT2D eigenvalue weighted by Gasteiger charge is -2.32. The van der Waals surface area contributed by atoms with Crippen molar-refractivity contribution in [3.05, 3.63) is 52.0 Å². The lowest BCUT2D eigenvalue weighted by molar-refractivity contribution is -0.123. The van der Waals surface area contributed by atoms with Crippen molar-refractivity contribution in [2.75, 3.05) is 46.3 Å². The van der Waals surface area contributed by atoms with Crippen molar-refractivity contribution in [2.24, 2.45) is 5.92 Å². The molecule has 3 heterocycles. The second-order valence-corrected chi connectivity index (χ2v) is 12.8. The molecule has 1 saturated heterocycles. The van der Waals surface area contributed by atoms with E-state index in [9.17, 15) is 9.59 Å². The first-order valence-electron chi connectivity index (χ1n) is 15.3. The van der Waals surface area contributed by atoms with E-state index in [0.717, 1.165) is 75.3 Å². The number of piperazine rings is 1. The monoisotopic (exact) mass is 580 g/mol. The van der Waals surface area contributed by atoms with E-state index >= 15 is 0 Å². The van der Waals surface area contributed by atoms with E-state index in [4.69, 9.17) is 4.98 Å². The van der Waals surface area contributed by atoms with Crippen LogP contribution >= 0.6 is 11.3 Å². The van der Waals surface area contributed by atoms with Gasteiger partial charge < -0.3 is 25.0 Å². The predicted octanol–water partition coefficient (Wildman–Crippen LogP) is 4.95. The van der Waals surface area contributed by atoms with Gasteiger partial charge in [0.2, 0.25) is 5.91 Å². The normalized spacial score (nSPS) is 15.6. The van der Waals surface area contributed by atoms with Crippen LogP contribution in [0.25, 0.3) is 11.0 Å². The Bertz CT molecular complexity index is 1260. The first-order chi connectivity index (χ1) is 19.8. The zero-order valence-electron chi connectivity index (χ0n) is 25.5. The third-order valence-electron chi connectivity index (χ3n) is 8.12. The van der Waals surface area contributed by atoms with Crippen molar-refractivity contribution >= 4 is 34.2 Å². The Balaban J connectivity index is 1.43. The molecule has 2 amide bonds. The Labute approximate surface area is 249 Å². The molecule has 0 aliphatic carbocycles. The molecule has 0 saturated carbocycles. The topological polar surface area (TPSA) is 82.5 Å². The molecule has 8 nitrogen and oxygen atoms in total. The van der Waals surface area contributed by atoms with Gasteiger partial charge in [-0.05, 0) is 74.8 Å². The molecule has 1 aliphatic heterocycles. The summed E-state index contributed by atoms with van der Waals surface area (Å²) in [6, 6.07) is 9.76. The number of thiophene rings is 1. The Morgan fingerprint density at radius 2 is 1.83 bits per heavy atom. The number of hydrogen-bond donors (Lipinski definition) is 2. The maximum Gasteiger partial charge on any atom is 0.252 e. The van der Waals surface area contributed by atoms with Crippen molar-refractivity contribution in [3.63, 3.8) is 0 Å². The van der Waals surface area contributed by atoms with E-state index in [-0.39, 0.29) is 17.7 Å². The number of likely N-dealkylation sites (N-methyl/N-ethyl adjacent to an activating group) is 1. The average Bonchev–Trinajstić information content (AvgIpc) is 3.60. The quantitative estimate of drug-likeness (QED) is 0.264. The molecule has 0 spiro atoms. The maximum atomic E-state index is 13.4. The minimum Gasteiger partial charge on any atom is -0.354 e. The third-order valence-corrected chi connectivity index (χ3v) is 9.00. The number of nitrogens with zero attached hydrogens (tertiary/aromatic N) is 4. The lowest BCUT2D eigenvalue weighted by Crippen LogP contribution is -2.48. The number of hydrogen-bond acceptors (Lipinski definition) is 6. The molecule has 1 unspecified atom stereocenters. The Morgan fingerprint density at radius 3 is 2.49 bits per heavy atom. The number of aromatic nitrogens is 2. The van der Waals surface area contributed by atoms with Gasteiger partial charge in [0, 0.05) is 55.6 Å². The van der Waals surface area contributed by atoms with Crippen LogP contribution in [0.4, 0.5) is 0 Å². The Morgan fingerprint density at radius 1 is 1.07 bits per heavy atom. The van der Waals surface area contributed by atoms with E-state index in [1.165, 1.54) is 4.88 Å². The number of amides is 2. The summed E-state index contributed by atoms with van der Waals surface area (Å²) >= 11 is 1.74. The highest BCUT2D eigenvalue weighted by Gasteiger charge is 2.24. The second-order valence-electron chi connectivity index (χ2n) is 11.8. The van der Waals surface area contributed by atoms with Gasteiger partial charge in [0.25, 0.3) is 5.91 Å². The minimum atomic E-state index is -0.571. The van der Waals surface area contributed by atoms with Gasteiger partial charge in [-0.2, -0.15) is 0 Å². The summed E-state index contributed by atoms with van der Waals surface area (Å²) in [4.78, 5) is 37.6. The van der Waals surface area contributed by atoms with Gasteiger partial charge in [0.15, 0.2) is 0 Å². The van der Waals surface area contributed by atoms with Gasteiger partial charge in [0.1, 0.15) is 11.9 Å². The van der Waals surface area contributed by atoms with Crippen molar-refractivity contribution in [1.82, 2.24) is 30.0 Å². The number of imidazole rings is 1. The number of benzene rings is 1. The molecule has 2 N–H and O–H groups in total. The first kappa shape index (κ1) is 31.2. The van der Waals surface area contributed by atoms with Crippen LogP contribution in [0.5, 0.6) is 0 Å². The smallest absolute Gasteiger partial charge is 0.252 e. The fourth-order valence-electron chi connectivity index (χ4n) is 5.70. The number of nitrogens with one attached hydrogen (secondary N) is 2. The summed E-state index contributed by atoms with van der Waals surface area (Å²) in [6.07, 6.45) is 4.30. The molecule has 41 heavy (non-hydrogen) atoms. The van der Waals surface area contributed by atoms with Crippen LogP contribution < -0.4 is 10.6 Å². The third kappa shape index (κ3) is 8.40. The largest absolute Gasteiger partial charge is 0.354 e. The first-order valence-corrected chi connectivity index (χ1v) is 16.2. The van der Waals surface area contributed by atoms with Crippen LogP contribution in [0.2, 0.25) is 0 Å². The molecule has 3 aromatic rings. The molecule has 224 valence electrons. The van der Waals surface area contributed by atoms with Gasteiger partial charge in [-0.25, -0.2) is 4.98 Å². The molecule has 1 fully saturated rings. The van der Waals surface area contributed by atoms with Crippen molar-refractivity contribution in [3.8, 4) is 0 Å². The Hall–Kier alpha value is -2.75. The molecule has 2 aromatic heterocycles. The van der Waals surface area contributed by atoms with Gasteiger partial charge in [-0.1, -0.05) is 33.8 Å². The minimum absolute atomic E-state index is 0.109. The molecule has 1 aliphatic rings. The van der Waals surface area contributed by atoms with Crippen LogP contribution in [-0.4, -0.2) is 83.5 Å². The van der Waals surface area contributed by atoms with Crippen LogP contribution in [0, 0.1) is 5.92 Å². The van der Waals surface area contributed by atoms with Crippen LogP contribution in [0.1, 0.15) is 80.5 Å². The SMILES string of the molecule is CCC(CC)n1c(Cc2cccs2)nc2cc(C(=O)NC(CC(C)C)C(=O)NCCCN3CCN(C)CC3)ccc21. The zero-order chi connectivity index (χ0) is 29.4. The highest BCUT2D eigenvalue weighted by molar-refractivity contribution is 7.09. The summed E-state index contributed by atoms with van der Waals surface area (Å²) in [5, 5.41) is 8.20. The molecular formula is C32H48N6O2S. The van der Waals surface area contributed by atoms with E-state index in [1.54, 1.807) is 11.3 Å². The Kier molecular flexibility index (Phi) is 11.4. The fourth-order valence-corrected chi connectivity index (χ4v) is 6.40. The second kappa shape index (κ2) is 14.9. The van der Waals surface area contributed by atoms with Gasteiger partial charge in [-0.3, -0.25) is 9.59 Å². The van der Waals surface area contributed by atoms with E-state index in [2.05, 4.69) is 77.3 Å². The van der Waals surface area contributed by atoms with Gasteiger partial charge in [0.05, 0.1) is 11.0 Å². The van der Waals surface area contributed by atoms with Crippen LogP contribution in [0.3, 0.4) is 0 Å². The number of carbonyl (C=O) groups excluding carboxylic acids is 2. The van der Waals surface area contributed by atoms with E-state index in [0.29, 0.717) is 24.6 Å². The van der Waals surface area contributed by atoms with Crippen molar-refractivity contribution in [2.45, 2.75) is 71.9 Å². The van der Waals surface area contributed by atoms with E-state index < -0.39 is 6.04 Å². The number of rotatable bonds is 14. The molecule has 4 rings (SSSR count). The number of carbonyl (C=O) groups is 2. The molecule has 0 radical (unpaired) electrons. The molecule has 0 bridgehead atoms. The van der Waals surface area contributed by atoms with E-state index in [1.807, 2.05) is 18.2 Å².